The Balaban J connectivity index is 2.92. The number of carboxylic acid groups (broad SMARTS) is 1. The van der Waals surface area contributed by atoms with E-state index in [4.69, 9.17) is 39.8 Å². The quantitative estimate of drug-likeness (QED) is 0.708. The van der Waals surface area contributed by atoms with Crippen molar-refractivity contribution in [3.8, 4) is 0 Å². The molecule has 0 aliphatic carbocycles. The number of anilines is 1. The maximum Gasteiger partial charge on any atom is 0.320 e. The smallest absolute Gasteiger partial charge is 0.320 e. The van der Waals surface area contributed by atoms with E-state index in [1.165, 1.54) is 0 Å². The number of benzene rings is 1. The number of nitrogens with two attached hydrogens (primary N) is 2. The van der Waals surface area contributed by atoms with Crippen LogP contribution in [0.3, 0.4) is 0 Å². The number of halogens is 2. The van der Waals surface area contributed by atoms with Gasteiger partial charge in [0, 0.05) is 0 Å². The van der Waals surface area contributed by atoms with Crippen molar-refractivity contribution in [2.45, 2.75) is 12.5 Å². The van der Waals surface area contributed by atoms with Crippen molar-refractivity contribution in [1.29, 1.82) is 0 Å². The lowest BCUT2D eigenvalue weighted by atomic mass is 10.1. The molecule has 4 nitrogen and oxygen atoms in total. The lowest BCUT2D eigenvalue weighted by Crippen LogP contribution is -2.32. The fraction of sp³-hybridized carbons (Fsp3) is 0.222. The molecule has 1 aromatic carbocycles. The van der Waals surface area contributed by atoms with Crippen LogP contribution < -0.4 is 11.5 Å². The van der Waals surface area contributed by atoms with Crippen LogP contribution in [0.1, 0.15) is 5.56 Å². The van der Waals surface area contributed by atoms with Crippen molar-refractivity contribution in [3.63, 3.8) is 0 Å². The Hall–Kier alpha value is -0.970. The molecule has 15 heavy (non-hydrogen) atoms. The minimum Gasteiger partial charge on any atom is -0.480 e. The molecule has 0 aliphatic rings. The van der Waals surface area contributed by atoms with Gasteiger partial charge in [-0.15, -0.1) is 0 Å². The van der Waals surface area contributed by atoms with Crippen molar-refractivity contribution in [2.75, 3.05) is 5.73 Å². The Bertz CT molecular complexity index is 373. The van der Waals surface area contributed by atoms with Gasteiger partial charge in [-0.2, -0.15) is 0 Å². The van der Waals surface area contributed by atoms with E-state index in [2.05, 4.69) is 0 Å². The van der Waals surface area contributed by atoms with Gasteiger partial charge in [-0.3, -0.25) is 4.79 Å². The van der Waals surface area contributed by atoms with Crippen LogP contribution in [-0.4, -0.2) is 17.1 Å². The molecule has 0 bridgehead atoms. The first-order chi connectivity index (χ1) is 6.91. The Labute approximate surface area is 96.8 Å². The largest absolute Gasteiger partial charge is 0.480 e. The third-order valence-corrected chi connectivity index (χ3v) is 2.54. The molecule has 0 spiro atoms. The van der Waals surface area contributed by atoms with Gasteiger partial charge in [0.2, 0.25) is 0 Å². The monoisotopic (exact) mass is 248 g/mol. The molecule has 0 saturated carbocycles. The summed E-state index contributed by atoms with van der Waals surface area (Å²) >= 11 is 11.6. The topological polar surface area (TPSA) is 89.3 Å². The van der Waals surface area contributed by atoms with E-state index in [9.17, 15) is 4.79 Å². The number of aliphatic carboxylic acids is 1. The first kappa shape index (κ1) is 12.1. The lowest BCUT2D eigenvalue weighted by molar-refractivity contribution is -0.138. The van der Waals surface area contributed by atoms with Crippen molar-refractivity contribution < 1.29 is 9.90 Å². The van der Waals surface area contributed by atoms with Crippen LogP contribution in [0.5, 0.6) is 0 Å². The van der Waals surface area contributed by atoms with Crippen LogP contribution >= 0.6 is 23.2 Å². The van der Waals surface area contributed by atoms with E-state index in [1.807, 2.05) is 0 Å². The summed E-state index contributed by atoms with van der Waals surface area (Å²) in [5.74, 6) is -1.07. The summed E-state index contributed by atoms with van der Waals surface area (Å²) < 4.78 is 0. The number of carbonyl (C=O) groups is 1. The molecule has 1 rings (SSSR count). The maximum atomic E-state index is 10.5. The maximum absolute atomic E-state index is 10.5. The van der Waals surface area contributed by atoms with Crippen LogP contribution in [0.15, 0.2) is 12.1 Å². The van der Waals surface area contributed by atoms with E-state index in [-0.39, 0.29) is 12.1 Å². The first-order valence-corrected chi connectivity index (χ1v) is 4.89. The molecule has 5 N–H and O–H groups in total. The third-order valence-electron chi connectivity index (χ3n) is 1.91. The molecular weight excluding hydrogens is 239 g/mol. The molecule has 82 valence electrons. The van der Waals surface area contributed by atoms with E-state index >= 15 is 0 Å². The summed E-state index contributed by atoms with van der Waals surface area (Å²) in [4.78, 5) is 10.5. The second kappa shape index (κ2) is 4.70. The van der Waals surface area contributed by atoms with Crippen molar-refractivity contribution >= 4 is 34.9 Å². The van der Waals surface area contributed by atoms with E-state index in [0.717, 1.165) is 0 Å². The molecular formula is C9H10Cl2N2O2. The fourth-order valence-corrected chi connectivity index (χ4v) is 1.63. The van der Waals surface area contributed by atoms with Crippen molar-refractivity contribution in [2.24, 2.45) is 5.73 Å². The van der Waals surface area contributed by atoms with Gasteiger partial charge in [0.1, 0.15) is 6.04 Å². The number of hydrogen-bond acceptors (Lipinski definition) is 3. The van der Waals surface area contributed by atoms with Gasteiger partial charge >= 0.3 is 5.97 Å². The van der Waals surface area contributed by atoms with Gasteiger partial charge in [-0.25, -0.2) is 0 Å². The SMILES string of the molecule is Nc1c(Cl)cc(C[C@H](N)C(=O)O)cc1Cl. The third kappa shape index (κ3) is 2.99. The van der Waals surface area contributed by atoms with Gasteiger partial charge in [0.25, 0.3) is 0 Å². The van der Waals surface area contributed by atoms with Gasteiger partial charge in [0.15, 0.2) is 0 Å². The highest BCUT2D eigenvalue weighted by molar-refractivity contribution is 6.38. The van der Waals surface area contributed by atoms with Crippen LogP contribution in [0.4, 0.5) is 5.69 Å². The Morgan fingerprint density at radius 1 is 1.40 bits per heavy atom. The summed E-state index contributed by atoms with van der Waals surface area (Å²) in [5.41, 5.74) is 11.8. The summed E-state index contributed by atoms with van der Waals surface area (Å²) in [6.45, 7) is 0. The Morgan fingerprint density at radius 3 is 2.27 bits per heavy atom. The summed E-state index contributed by atoms with van der Waals surface area (Å²) in [6.07, 6.45) is 0.162. The molecule has 0 aliphatic heterocycles. The molecule has 0 amide bonds. The number of rotatable bonds is 3. The summed E-state index contributed by atoms with van der Waals surface area (Å²) in [6, 6.07) is 2.15. The van der Waals surface area contributed by atoms with Crippen LogP contribution in [0.2, 0.25) is 10.0 Å². The van der Waals surface area contributed by atoms with E-state index in [0.29, 0.717) is 15.6 Å². The van der Waals surface area contributed by atoms with Gasteiger partial charge < -0.3 is 16.6 Å². The highest BCUT2D eigenvalue weighted by Crippen LogP contribution is 2.29. The van der Waals surface area contributed by atoms with Crippen LogP contribution in [0, 0.1) is 0 Å². The van der Waals surface area contributed by atoms with Gasteiger partial charge in [-0.1, -0.05) is 23.2 Å². The molecule has 0 unspecified atom stereocenters. The zero-order valence-corrected chi connectivity index (χ0v) is 9.22. The van der Waals surface area contributed by atoms with E-state index in [1.54, 1.807) is 12.1 Å². The van der Waals surface area contributed by atoms with E-state index < -0.39 is 12.0 Å². The second-order valence-corrected chi connectivity index (χ2v) is 3.94. The van der Waals surface area contributed by atoms with Crippen LogP contribution in [0.25, 0.3) is 0 Å². The van der Waals surface area contributed by atoms with Crippen molar-refractivity contribution in [1.82, 2.24) is 0 Å². The molecule has 1 atom stereocenters. The molecule has 1 aromatic rings. The minimum atomic E-state index is -1.07. The molecule has 0 heterocycles. The fourth-order valence-electron chi connectivity index (χ4n) is 1.10. The Morgan fingerprint density at radius 2 is 1.87 bits per heavy atom. The summed E-state index contributed by atoms with van der Waals surface area (Å²) in [7, 11) is 0. The predicted molar refractivity (Wildman–Crippen MR) is 60.2 cm³/mol. The minimum absolute atomic E-state index is 0.162. The number of carboxylic acids is 1. The van der Waals surface area contributed by atoms with Gasteiger partial charge in [0.05, 0.1) is 15.7 Å². The van der Waals surface area contributed by atoms with Crippen LogP contribution in [-0.2, 0) is 11.2 Å². The predicted octanol–water partition coefficient (Wildman–Crippen LogP) is 1.53. The first-order valence-electron chi connectivity index (χ1n) is 4.13. The molecule has 0 fully saturated rings. The normalized spacial score (nSPS) is 12.5. The molecule has 0 radical (unpaired) electrons. The molecule has 6 heteroatoms. The zero-order valence-electron chi connectivity index (χ0n) is 7.71. The highest BCUT2D eigenvalue weighted by atomic mass is 35.5. The highest BCUT2D eigenvalue weighted by Gasteiger charge is 2.13. The van der Waals surface area contributed by atoms with Gasteiger partial charge in [-0.05, 0) is 24.1 Å². The standard InChI is InChI=1S/C9H10Cl2N2O2/c10-5-1-4(2-6(11)8(5)13)3-7(12)9(14)15/h1-2,7H,3,12-13H2,(H,14,15)/t7-/m0/s1. The average Bonchev–Trinajstić information content (AvgIpc) is 2.13. The average molecular weight is 249 g/mol. The van der Waals surface area contributed by atoms with Crippen molar-refractivity contribution in [3.05, 3.63) is 27.7 Å². The molecule has 0 aromatic heterocycles. The number of hydrogen-bond donors (Lipinski definition) is 3. The zero-order chi connectivity index (χ0) is 11.6. The second-order valence-electron chi connectivity index (χ2n) is 3.12. The summed E-state index contributed by atoms with van der Waals surface area (Å²) in [5, 5.41) is 9.22. The molecule has 0 saturated heterocycles. The lowest BCUT2D eigenvalue weighted by Gasteiger charge is -2.09. The number of nitrogen functional groups attached to an aromatic ring is 1. The Kier molecular flexibility index (Phi) is 3.79.